The average Bonchev–Trinajstić information content (AvgIpc) is 2.72. The van der Waals surface area contributed by atoms with Gasteiger partial charge in [0.05, 0.1) is 11.0 Å². The first-order chi connectivity index (χ1) is 9.24. The van der Waals surface area contributed by atoms with E-state index in [0.717, 1.165) is 35.5 Å². The first-order valence-electron chi connectivity index (χ1n) is 6.50. The Bertz CT molecular complexity index is 708. The zero-order chi connectivity index (χ0) is 13.2. The van der Waals surface area contributed by atoms with Gasteiger partial charge in [0.1, 0.15) is 5.82 Å². The molecule has 0 saturated heterocycles. The van der Waals surface area contributed by atoms with E-state index < -0.39 is 0 Å². The van der Waals surface area contributed by atoms with Gasteiger partial charge in [-0.15, -0.1) is 24.8 Å². The molecule has 1 aromatic heterocycles. The molecule has 0 unspecified atom stereocenters. The van der Waals surface area contributed by atoms with Gasteiger partial charge in [0.15, 0.2) is 0 Å². The van der Waals surface area contributed by atoms with Crippen molar-refractivity contribution in [1.82, 2.24) is 9.55 Å². The van der Waals surface area contributed by atoms with Crippen LogP contribution in [-0.2, 0) is 13.0 Å². The highest BCUT2D eigenvalue weighted by Crippen LogP contribution is 2.19. The molecular weight excluding hydrogens is 305 g/mol. The van der Waals surface area contributed by atoms with Crippen molar-refractivity contribution in [2.24, 2.45) is 0 Å². The van der Waals surface area contributed by atoms with Gasteiger partial charge in [-0.3, -0.25) is 0 Å². The zero-order valence-corrected chi connectivity index (χ0v) is 13.5. The molecule has 0 amide bonds. The highest BCUT2D eigenvalue weighted by Gasteiger charge is 2.07. The molecule has 0 spiro atoms. The van der Waals surface area contributed by atoms with E-state index in [1.807, 2.05) is 25.1 Å². The van der Waals surface area contributed by atoms with Crippen molar-refractivity contribution in [2.75, 3.05) is 5.73 Å². The molecular formula is C16H19Cl2N3. The monoisotopic (exact) mass is 323 g/mol. The lowest BCUT2D eigenvalue weighted by Gasteiger charge is -2.07. The molecule has 0 aliphatic heterocycles. The molecule has 0 radical (unpaired) electrons. The third-order valence-electron chi connectivity index (χ3n) is 3.43. The maximum Gasteiger partial charge on any atom is 0.106 e. The predicted molar refractivity (Wildman–Crippen MR) is 93.5 cm³/mol. The minimum Gasteiger partial charge on any atom is -0.399 e. The fourth-order valence-electron chi connectivity index (χ4n) is 2.44. The van der Waals surface area contributed by atoms with Crippen LogP contribution >= 0.6 is 24.8 Å². The number of fused-ring (bicyclic) bond motifs is 1. The summed E-state index contributed by atoms with van der Waals surface area (Å²) >= 11 is 0. The van der Waals surface area contributed by atoms with Crippen molar-refractivity contribution in [3.8, 4) is 0 Å². The van der Waals surface area contributed by atoms with E-state index in [2.05, 4.69) is 39.9 Å². The summed E-state index contributed by atoms with van der Waals surface area (Å²) in [6.07, 6.45) is 1.01. The molecule has 0 bridgehead atoms. The van der Waals surface area contributed by atoms with E-state index >= 15 is 0 Å². The number of nitrogens with two attached hydrogens (primary N) is 1. The van der Waals surface area contributed by atoms with E-state index in [1.54, 1.807) is 0 Å². The van der Waals surface area contributed by atoms with Crippen LogP contribution in [-0.4, -0.2) is 9.55 Å². The van der Waals surface area contributed by atoms with Crippen molar-refractivity contribution in [1.29, 1.82) is 0 Å². The minimum absolute atomic E-state index is 0. The Labute approximate surface area is 137 Å². The van der Waals surface area contributed by atoms with Gasteiger partial charge in [-0.1, -0.05) is 30.3 Å². The van der Waals surface area contributed by atoms with Crippen molar-refractivity contribution in [3.05, 3.63) is 59.9 Å². The van der Waals surface area contributed by atoms with E-state index in [4.69, 9.17) is 5.73 Å². The molecule has 0 fully saturated rings. The number of anilines is 1. The van der Waals surface area contributed by atoms with Crippen LogP contribution in [0.25, 0.3) is 11.0 Å². The van der Waals surface area contributed by atoms with Crippen molar-refractivity contribution >= 4 is 41.5 Å². The first-order valence-corrected chi connectivity index (χ1v) is 6.50. The van der Waals surface area contributed by atoms with Crippen LogP contribution in [0.15, 0.2) is 48.5 Å². The molecule has 5 heteroatoms. The summed E-state index contributed by atoms with van der Waals surface area (Å²) in [7, 11) is 0. The van der Waals surface area contributed by atoms with Crippen molar-refractivity contribution < 1.29 is 0 Å². The molecule has 2 aromatic carbocycles. The summed E-state index contributed by atoms with van der Waals surface area (Å²) in [5.74, 6) is 1.04. The zero-order valence-electron chi connectivity index (χ0n) is 11.8. The summed E-state index contributed by atoms with van der Waals surface area (Å²) in [4.78, 5) is 4.57. The maximum atomic E-state index is 5.80. The number of halogens is 2. The van der Waals surface area contributed by atoms with Gasteiger partial charge in [-0.25, -0.2) is 4.98 Å². The molecule has 3 rings (SSSR count). The SMILES string of the molecule is Cc1nc2cc(N)ccc2n1CCc1ccccc1.Cl.Cl. The Morgan fingerprint density at radius 3 is 2.48 bits per heavy atom. The Balaban J connectivity index is 0.00000110. The molecule has 112 valence electrons. The highest BCUT2D eigenvalue weighted by molar-refractivity contribution is 5.85. The summed E-state index contributed by atoms with van der Waals surface area (Å²) in [5, 5.41) is 0. The summed E-state index contributed by atoms with van der Waals surface area (Å²) in [5.41, 5.74) is 10.0. The van der Waals surface area contributed by atoms with Gasteiger partial charge in [-0.05, 0) is 37.1 Å². The van der Waals surface area contributed by atoms with Crippen molar-refractivity contribution in [2.45, 2.75) is 19.9 Å². The van der Waals surface area contributed by atoms with E-state index in [1.165, 1.54) is 5.56 Å². The predicted octanol–water partition coefficient (Wildman–Crippen LogP) is 4.01. The van der Waals surface area contributed by atoms with Crippen LogP contribution in [0.5, 0.6) is 0 Å². The largest absolute Gasteiger partial charge is 0.399 e. The number of nitrogens with zero attached hydrogens (tertiary/aromatic N) is 2. The van der Waals surface area contributed by atoms with Crippen LogP contribution in [0.4, 0.5) is 5.69 Å². The van der Waals surface area contributed by atoms with Crippen LogP contribution in [0.1, 0.15) is 11.4 Å². The number of hydrogen-bond acceptors (Lipinski definition) is 2. The van der Waals surface area contributed by atoms with Gasteiger partial charge in [0.2, 0.25) is 0 Å². The Morgan fingerprint density at radius 1 is 1.05 bits per heavy atom. The number of hydrogen-bond donors (Lipinski definition) is 1. The maximum absolute atomic E-state index is 5.80. The minimum atomic E-state index is 0. The molecule has 3 aromatic rings. The third kappa shape index (κ3) is 3.69. The second-order valence-electron chi connectivity index (χ2n) is 4.79. The van der Waals surface area contributed by atoms with Crippen LogP contribution in [0, 0.1) is 6.92 Å². The normalized spacial score (nSPS) is 9.95. The summed E-state index contributed by atoms with van der Waals surface area (Å²) in [6, 6.07) is 16.4. The second-order valence-corrected chi connectivity index (χ2v) is 4.79. The number of aromatic nitrogens is 2. The molecule has 3 nitrogen and oxygen atoms in total. The standard InChI is InChI=1S/C16H17N3.2ClH/c1-12-18-15-11-14(17)7-8-16(15)19(12)10-9-13-5-3-2-4-6-13;;/h2-8,11H,9-10,17H2,1H3;2*1H. The van der Waals surface area contributed by atoms with Gasteiger partial charge >= 0.3 is 0 Å². The number of aryl methyl sites for hydroxylation is 3. The van der Waals surface area contributed by atoms with Crippen LogP contribution < -0.4 is 5.73 Å². The molecule has 2 N–H and O–H groups in total. The fraction of sp³-hybridized carbons (Fsp3) is 0.188. The van der Waals surface area contributed by atoms with Crippen LogP contribution in [0.3, 0.4) is 0 Å². The van der Waals surface area contributed by atoms with E-state index in [0.29, 0.717) is 0 Å². The third-order valence-corrected chi connectivity index (χ3v) is 3.43. The van der Waals surface area contributed by atoms with E-state index in [-0.39, 0.29) is 24.8 Å². The van der Waals surface area contributed by atoms with Gasteiger partial charge in [0.25, 0.3) is 0 Å². The number of imidazole rings is 1. The van der Waals surface area contributed by atoms with Crippen molar-refractivity contribution in [3.63, 3.8) is 0 Å². The lowest BCUT2D eigenvalue weighted by atomic mass is 10.1. The fourth-order valence-corrected chi connectivity index (χ4v) is 2.44. The molecule has 1 heterocycles. The Morgan fingerprint density at radius 2 is 1.76 bits per heavy atom. The second kappa shape index (κ2) is 7.34. The van der Waals surface area contributed by atoms with Gasteiger partial charge in [-0.2, -0.15) is 0 Å². The summed E-state index contributed by atoms with van der Waals surface area (Å²) in [6.45, 7) is 2.98. The lowest BCUT2D eigenvalue weighted by molar-refractivity contribution is 0.692. The quantitative estimate of drug-likeness (QED) is 0.740. The number of benzene rings is 2. The summed E-state index contributed by atoms with van der Waals surface area (Å²) < 4.78 is 2.25. The molecule has 0 aliphatic carbocycles. The number of nitrogen functional groups attached to an aromatic ring is 1. The first kappa shape index (κ1) is 17.3. The molecule has 0 aliphatic rings. The Hall–Kier alpha value is -1.71. The molecule has 21 heavy (non-hydrogen) atoms. The lowest BCUT2D eigenvalue weighted by Crippen LogP contribution is -2.03. The van der Waals surface area contributed by atoms with Gasteiger partial charge in [0, 0.05) is 12.2 Å². The van der Waals surface area contributed by atoms with Gasteiger partial charge < -0.3 is 10.3 Å². The van der Waals surface area contributed by atoms with E-state index in [9.17, 15) is 0 Å². The average molecular weight is 324 g/mol. The molecule has 0 saturated carbocycles. The molecule has 0 atom stereocenters. The topological polar surface area (TPSA) is 43.8 Å². The number of rotatable bonds is 3. The highest BCUT2D eigenvalue weighted by atomic mass is 35.5. The van der Waals surface area contributed by atoms with Crippen LogP contribution in [0.2, 0.25) is 0 Å². The Kier molecular flexibility index (Phi) is 6.06. The smallest absolute Gasteiger partial charge is 0.106 e.